The molecule has 1 amide bonds. The number of likely N-dealkylation sites (tertiary alicyclic amines) is 1. The van der Waals surface area contributed by atoms with E-state index >= 15 is 0 Å². The van der Waals surface area contributed by atoms with Gasteiger partial charge in [-0.2, -0.15) is 0 Å². The quantitative estimate of drug-likeness (QED) is 0.601. The monoisotopic (exact) mass is 467 g/mol. The molecule has 5 rings (SSSR count). The molecule has 1 saturated heterocycles. The van der Waals surface area contributed by atoms with Crippen molar-refractivity contribution in [2.75, 3.05) is 33.4 Å². The number of rotatable bonds is 4. The van der Waals surface area contributed by atoms with Crippen molar-refractivity contribution in [1.82, 2.24) is 14.8 Å². The largest absolute Gasteiger partial charge is 0.497 e. The molecule has 2 N–H and O–H groups in total. The Hall–Kier alpha value is -2.54. The predicted octanol–water partition coefficient (Wildman–Crippen LogP) is 4.26. The van der Waals surface area contributed by atoms with Crippen LogP contribution in [0.5, 0.6) is 5.75 Å². The van der Waals surface area contributed by atoms with Gasteiger partial charge in [-0.15, -0.1) is 0 Å². The van der Waals surface area contributed by atoms with Gasteiger partial charge in [0.1, 0.15) is 5.75 Å². The Bertz CT molecular complexity index is 1180. The Kier molecular flexibility index (Phi) is 5.85. The number of methoxy groups -OCH3 is 1. The number of aromatic amines is 1. The van der Waals surface area contributed by atoms with Crippen molar-refractivity contribution in [3.8, 4) is 5.75 Å². The molecule has 2 aromatic carbocycles. The number of amides is 1. The third-order valence-electron chi connectivity index (χ3n) is 7.49. The zero-order valence-electron chi connectivity index (χ0n) is 19.1. The number of halogens is 1. The lowest BCUT2D eigenvalue weighted by Gasteiger charge is -2.50. The molecule has 7 heteroatoms. The minimum Gasteiger partial charge on any atom is -0.497 e. The number of ether oxygens (including phenoxy) is 1. The molecule has 1 aromatic heterocycles. The fraction of sp³-hybridized carbons (Fsp3) is 0.423. The summed E-state index contributed by atoms with van der Waals surface area (Å²) in [5.74, 6) is 0.780. The summed E-state index contributed by atoms with van der Waals surface area (Å²) in [6.45, 7) is 4.78. The predicted molar refractivity (Wildman–Crippen MR) is 130 cm³/mol. The molecule has 3 aromatic rings. The number of hydrogen-bond acceptors (Lipinski definition) is 4. The van der Waals surface area contributed by atoms with Gasteiger partial charge >= 0.3 is 0 Å². The van der Waals surface area contributed by atoms with Crippen LogP contribution in [0.3, 0.4) is 0 Å². The second-order valence-electron chi connectivity index (χ2n) is 9.32. The first-order valence-corrected chi connectivity index (χ1v) is 11.9. The number of nitrogens with one attached hydrogen (secondary N) is 1. The number of aliphatic hydroxyl groups is 1. The Morgan fingerprint density at radius 2 is 2.00 bits per heavy atom. The lowest BCUT2D eigenvalue weighted by molar-refractivity contribution is -0.135. The van der Waals surface area contributed by atoms with Crippen molar-refractivity contribution < 1.29 is 14.6 Å². The number of aliphatic hydroxyl groups excluding tert-OH is 1. The van der Waals surface area contributed by atoms with Crippen LogP contribution in [0, 0.1) is 0 Å². The van der Waals surface area contributed by atoms with Crippen molar-refractivity contribution in [2.45, 2.75) is 37.8 Å². The first-order valence-electron chi connectivity index (χ1n) is 11.5. The first-order chi connectivity index (χ1) is 16.0. The van der Waals surface area contributed by atoms with E-state index in [-0.39, 0.29) is 24.0 Å². The molecule has 33 heavy (non-hydrogen) atoms. The third kappa shape index (κ3) is 3.80. The van der Waals surface area contributed by atoms with E-state index in [1.54, 1.807) is 14.0 Å². The lowest BCUT2D eigenvalue weighted by Crippen LogP contribution is -2.54. The highest BCUT2D eigenvalue weighted by Gasteiger charge is 2.48. The maximum Gasteiger partial charge on any atom is 0.220 e. The van der Waals surface area contributed by atoms with Gasteiger partial charge < -0.3 is 19.7 Å². The van der Waals surface area contributed by atoms with Gasteiger partial charge in [0, 0.05) is 53.1 Å². The lowest BCUT2D eigenvalue weighted by atomic mass is 9.68. The Morgan fingerprint density at radius 3 is 2.67 bits per heavy atom. The van der Waals surface area contributed by atoms with E-state index in [2.05, 4.69) is 22.0 Å². The molecule has 1 spiro atoms. The summed E-state index contributed by atoms with van der Waals surface area (Å²) >= 11 is 6.41. The van der Waals surface area contributed by atoms with E-state index in [0.717, 1.165) is 65.4 Å². The van der Waals surface area contributed by atoms with Crippen LogP contribution in [0.2, 0.25) is 5.02 Å². The van der Waals surface area contributed by atoms with Gasteiger partial charge in [-0.25, -0.2) is 0 Å². The summed E-state index contributed by atoms with van der Waals surface area (Å²) in [7, 11) is 1.66. The highest BCUT2D eigenvalue weighted by atomic mass is 35.5. The molecule has 0 saturated carbocycles. The van der Waals surface area contributed by atoms with Gasteiger partial charge in [-0.3, -0.25) is 9.69 Å². The van der Waals surface area contributed by atoms with Crippen LogP contribution >= 0.6 is 11.6 Å². The molecule has 1 fully saturated rings. The van der Waals surface area contributed by atoms with E-state index < -0.39 is 0 Å². The number of benzene rings is 2. The molecule has 1 atom stereocenters. The summed E-state index contributed by atoms with van der Waals surface area (Å²) in [4.78, 5) is 20.5. The summed E-state index contributed by atoms with van der Waals surface area (Å²) in [5.41, 5.74) is 4.19. The smallest absolute Gasteiger partial charge is 0.220 e. The van der Waals surface area contributed by atoms with Crippen LogP contribution in [0.15, 0.2) is 42.5 Å². The van der Waals surface area contributed by atoms with Gasteiger partial charge in [-0.1, -0.05) is 29.8 Å². The minimum absolute atomic E-state index is 0.00573. The molecule has 0 unspecified atom stereocenters. The summed E-state index contributed by atoms with van der Waals surface area (Å²) in [5, 5.41) is 12.2. The zero-order chi connectivity index (χ0) is 23.2. The van der Waals surface area contributed by atoms with Crippen molar-refractivity contribution in [3.63, 3.8) is 0 Å². The average Bonchev–Trinajstić information content (AvgIpc) is 3.21. The SMILES string of the molecule is COc1ccc2c3c([nH]c2c1)[C@H](CO)N(C(C)=O)CC31CCN(Cc2ccccc2Cl)CC1. The van der Waals surface area contributed by atoms with Gasteiger partial charge in [-0.05, 0) is 55.3 Å². The molecule has 0 radical (unpaired) electrons. The van der Waals surface area contributed by atoms with Crippen molar-refractivity contribution in [2.24, 2.45) is 0 Å². The molecule has 3 heterocycles. The van der Waals surface area contributed by atoms with Crippen LogP contribution in [0.1, 0.15) is 42.6 Å². The van der Waals surface area contributed by atoms with Crippen LogP contribution in [0.4, 0.5) is 0 Å². The minimum atomic E-state index is -0.359. The second kappa shape index (κ2) is 8.67. The fourth-order valence-electron chi connectivity index (χ4n) is 5.75. The van der Waals surface area contributed by atoms with Crippen LogP contribution < -0.4 is 4.74 Å². The molecular weight excluding hydrogens is 438 g/mol. The number of aromatic nitrogens is 1. The number of hydrogen-bond donors (Lipinski definition) is 2. The summed E-state index contributed by atoms with van der Waals surface area (Å²) in [6.07, 6.45) is 1.87. The highest BCUT2D eigenvalue weighted by molar-refractivity contribution is 6.31. The molecule has 0 aliphatic carbocycles. The fourth-order valence-corrected chi connectivity index (χ4v) is 5.95. The number of carbonyl (C=O) groups excluding carboxylic acids is 1. The maximum atomic E-state index is 12.6. The van der Waals surface area contributed by atoms with E-state index in [0.29, 0.717) is 6.54 Å². The molecule has 0 bridgehead atoms. The Labute approximate surface area is 199 Å². The van der Waals surface area contributed by atoms with Crippen LogP contribution in [0.25, 0.3) is 10.9 Å². The van der Waals surface area contributed by atoms with Crippen molar-refractivity contribution in [1.29, 1.82) is 0 Å². The topological polar surface area (TPSA) is 68.8 Å². The van der Waals surface area contributed by atoms with Gasteiger partial charge in [0.15, 0.2) is 0 Å². The van der Waals surface area contributed by atoms with Gasteiger partial charge in [0.05, 0.1) is 19.8 Å². The van der Waals surface area contributed by atoms with Crippen molar-refractivity contribution in [3.05, 3.63) is 64.3 Å². The van der Waals surface area contributed by atoms with Gasteiger partial charge in [0.25, 0.3) is 0 Å². The molecule has 2 aliphatic heterocycles. The number of carbonyl (C=O) groups is 1. The van der Waals surface area contributed by atoms with Crippen LogP contribution in [-0.4, -0.2) is 59.1 Å². The molecule has 6 nitrogen and oxygen atoms in total. The number of H-pyrrole nitrogens is 1. The number of fused-ring (bicyclic) bond motifs is 4. The molecular formula is C26H30ClN3O3. The van der Waals surface area contributed by atoms with Gasteiger partial charge in [0.2, 0.25) is 5.91 Å². The Morgan fingerprint density at radius 1 is 1.24 bits per heavy atom. The summed E-state index contributed by atoms with van der Waals surface area (Å²) in [6, 6.07) is 13.8. The van der Waals surface area contributed by atoms with E-state index in [4.69, 9.17) is 16.3 Å². The van der Waals surface area contributed by atoms with Crippen molar-refractivity contribution >= 4 is 28.4 Å². The maximum absolute atomic E-state index is 12.6. The number of nitrogens with zero attached hydrogens (tertiary/aromatic N) is 2. The molecule has 2 aliphatic rings. The summed E-state index contributed by atoms with van der Waals surface area (Å²) < 4.78 is 5.43. The van der Waals surface area contributed by atoms with Crippen LogP contribution in [-0.2, 0) is 16.8 Å². The van der Waals surface area contributed by atoms with E-state index in [1.165, 1.54) is 5.56 Å². The normalized spacial score (nSPS) is 20.2. The number of piperidine rings is 1. The zero-order valence-corrected chi connectivity index (χ0v) is 19.9. The first kappa shape index (κ1) is 22.3. The van der Waals surface area contributed by atoms with E-state index in [1.807, 2.05) is 35.2 Å². The molecule has 174 valence electrons. The average molecular weight is 468 g/mol. The Balaban J connectivity index is 1.52. The van der Waals surface area contributed by atoms with E-state index in [9.17, 15) is 9.90 Å². The highest BCUT2D eigenvalue weighted by Crippen LogP contribution is 2.49. The third-order valence-corrected chi connectivity index (χ3v) is 7.86. The second-order valence-corrected chi connectivity index (χ2v) is 9.73. The standard InChI is InChI=1S/C26H30ClN3O3/c1-17(32)30-16-26(9-11-29(12-10-26)14-18-5-3-4-6-21(18)27)24-20-8-7-19(33-2)13-22(20)28-25(24)23(30)15-31/h3-8,13,23,28,31H,9-12,14-16H2,1-2H3/t23-/m0/s1.